The van der Waals surface area contributed by atoms with Crippen molar-refractivity contribution in [2.24, 2.45) is 5.92 Å². The Hall–Kier alpha value is -0.0800. The summed E-state index contributed by atoms with van der Waals surface area (Å²) in [5.41, 5.74) is 0. The zero-order valence-electron chi connectivity index (χ0n) is 8.64. The van der Waals surface area contributed by atoms with Gasteiger partial charge in [0.15, 0.2) is 0 Å². The Morgan fingerprint density at radius 3 is 2.25 bits per heavy atom. The highest BCUT2D eigenvalue weighted by molar-refractivity contribution is 4.40. The van der Waals surface area contributed by atoms with Crippen molar-refractivity contribution >= 4 is 0 Å². The molecule has 0 amide bonds. The third-order valence-corrected chi connectivity index (χ3v) is 1.69. The first-order valence-electron chi connectivity index (χ1n) is 5.01. The molecule has 0 fully saturated rings. The van der Waals surface area contributed by atoms with Gasteiger partial charge in [-0.15, -0.1) is 0 Å². The quantitative estimate of drug-likeness (QED) is 0.320. The van der Waals surface area contributed by atoms with Crippen LogP contribution in [0.4, 0.5) is 0 Å². The zero-order chi connectivity index (χ0) is 9.23. The van der Waals surface area contributed by atoms with Crippen molar-refractivity contribution in [1.29, 1.82) is 0 Å². The van der Waals surface area contributed by atoms with Crippen LogP contribution in [-0.4, -0.2) is 13.2 Å². The summed E-state index contributed by atoms with van der Waals surface area (Å²) in [6, 6.07) is 0. The SMILES string of the molecule is CCCCCOOCCC(C)C. The van der Waals surface area contributed by atoms with E-state index < -0.39 is 0 Å². The van der Waals surface area contributed by atoms with E-state index in [0.717, 1.165) is 26.1 Å². The van der Waals surface area contributed by atoms with Crippen LogP contribution in [0.3, 0.4) is 0 Å². The molecule has 0 aliphatic carbocycles. The van der Waals surface area contributed by atoms with Gasteiger partial charge in [-0.2, -0.15) is 0 Å². The van der Waals surface area contributed by atoms with E-state index in [1.165, 1.54) is 12.8 Å². The van der Waals surface area contributed by atoms with E-state index in [4.69, 9.17) is 9.78 Å². The molecule has 0 saturated carbocycles. The summed E-state index contributed by atoms with van der Waals surface area (Å²) in [7, 11) is 0. The second-order valence-electron chi connectivity index (χ2n) is 3.53. The van der Waals surface area contributed by atoms with Crippen LogP contribution in [0.25, 0.3) is 0 Å². The van der Waals surface area contributed by atoms with E-state index in [0.29, 0.717) is 5.92 Å². The smallest absolute Gasteiger partial charge is 0.0824 e. The van der Waals surface area contributed by atoms with Crippen LogP contribution in [0.15, 0.2) is 0 Å². The van der Waals surface area contributed by atoms with Gasteiger partial charge >= 0.3 is 0 Å². The molecule has 0 N–H and O–H groups in total. The van der Waals surface area contributed by atoms with Crippen LogP contribution in [0.2, 0.25) is 0 Å². The van der Waals surface area contributed by atoms with E-state index in [-0.39, 0.29) is 0 Å². The molecule has 0 aromatic rings. The predicted molar refractivity (Wildman–Crippen MR) is 50.9 cm³/mol. The van der Waals surface area contributed by atoms with Gasteiger partial charge in [0.05, 0.1) is 13.2 Å². The molecule has 0 spiro atoms. The van der Waals surface area contributed by atoms with Gasteiger partial charge in [0, 0.05) is 0 Å². The van der Waals surface area contributed by atoms with Crippen LogP contribution in [0.1, 0.15) is 46.5 Å². The molecule has 0 rings (SSSR count). The fraction of sp³-hybridized carbons (Fsp3) is 1.00. The Kier molecular flexibility index (Phi) is 8.95. The minimum Gasteiger partial charge on any atom is -0.237 e. The lowest BCUT2D eigenvalue weighted by Gasteiger charge is -2.05. The molecule has 0 radical (unpaired) electrons. The first kappa shape index (κ1) is 11.9. The van der Waals surface area contributed by atoms with Gasteiger partial charge in [-0.25, -0.2) is 9.78 Å². The van der Waals surface area contributed by atoms with Crippen LogP contribution in [-0.2, 0) is 9.78 Å². The van der Waals surface area contributed by atoms with Crippen molar-refractivity contribution < 1.29 is 9.78 Å². The number of hydrogen-bond donors (Lipinski definition) is 0. The van der Waals surface area contributed by atoms with Gasteiger partial charge in [-0.05, 0) is 18.8 Å². The Bertz CT molecular complexity index is 81.9. The molecular formula is C10H22O2. The lowest BCUT2D eigenvalue weighted by molar-refractivity contribution is -0.296. The topological polar surface area (TPSA) is 18.5 Å². The van der Waals surface area contributed by atoms with E-state index in [1.807, 2.05) is 0 Å². The predicted octanol–water partition coefficient (Wildman–Crippen LogP) is 3.17. The minimum atomic E-state index is 0.698. The molecule has 0 bridgehead atoms. The molecular weight excluding hydrogens is 152 g/mol. The van der Waals surface area contributed by atoms with E-state index >= 15 is 0 Å². The second kappa shape index (κ2) is 9.01. The molecule has 0 aliphatic rings. The summed E-state index contributed by atoms with van der Waals surface area (Å²) >= 11 is 0. The number of unbranched alkanes of at least 4 members (excludes halogenated alkanes) is 2. The summed E-state index contributed by atoms with van der Waals surface area (Å²) in [4.78, 5) is 9.98. The maximum absolute atomic E-state index is 4.99. The lowest BCUT2D eigenvalue weighted by Crippen LogP contribution is -2.01. The average molecular weight is 174 g/mol. The van der Waals surface area contributed by atoms with E-state index in [2.05, 4.69) is 20.8 Å². The van der Waals surface area contributed by atoms with Gasteiger partial charge in [0.25, 0.3) is 0 Å². The van der Waals surface area contributed by atoms with E-state index in [1.54, 1.807) is 0 Å². The van der Waals surface area contributed by atoms with Crippen molar-refractivity contribution in [3.63, 3.8) is 0 Å². The largest absolute Gasteiger partial charge is 0.237 e. The van der Waals surface area contributed by atoms with Crippen molar-refractivity contribution in [3.05, 3.63) is 0 Å². The number of rotatable bonds is 8. The van der Waals surface area contributed by atoms with Gasteiger partial charge in [0.1, 0.15) is 0 Å². The summed E-state index contributed by atoms with van der Waals surface area (Å²) < 4.78 is 0. The second-order valence-corrected chi connectivity index (χ2v) is 3.53. The first-order valence-corrected chi connectivity index (χ1v) is 5.01. The van der Waals surface area contributed by atoms with Crippen molar-refractivity contribution in [1.82, 2.24) is 0 Å². The third-order valence-electron chi connectivity index (χ3n) is 1.69. The highest BCUT2D eigenvalue weighted by Gasteiger charge is 1.94. The van der Waals surface area contributed by atoms with Gasteiger partial charge < -0.3 is 0 Å². The molecule has 0 aromatic carbocycles. The van der Waals surface area contributed by atoms with Crippen LogP contribution in [0, 0.1) is 5.92 Å². The number of hydrogen-bond acceptors (Lipinski definition) is 2. The van der Waals surface area contributed by atoms with Crippen molar-refractivity contribution in [2.75, 3.05) is 13.2 Å². The molecule has 0 aliphatic heterocycles. The lowest BCUT2D eigenvalue weighted by atomic mass is 10.1. The Balaban J connectivity index is 2.82. The Morgan fingerprint density at radius 1 is 1.00 bits per heavy atom. The first-order chi connectivity index (χ1) is 5.77. The highest BCUT2D eigenvalue weighted by Crippen LogP contribution is 2.00. The van der Waals surface area contributed by atoms with Crippen LogP contribution in [0.5, 0.6) is 0 Å². The van der Waals surface area contributed by atoms with Gasteiger partial charge in [0.2, 0.25) is 0 Å². The fourth-order valence-corrected chi connectivity index (χ4v) is 0.813. The molecule has 0 saturated heterocycles. The van der Waals surface area contributed by atoms with E-state index in [9.17, 15) is 0 Å². The van der Waals surface area contributed by atoms with Gasteiger partial charge in [-0.1, -0.05) is 33.6 Å². The van der Waals surface area contributed by atoms with Crippen LogP contribution < -0.4 is 0 Å². The molecule has 0 atom stereocenters. The molecule has 0 aromatic heterocycles. The third kappa shape index (κ3) is 9.92. The fourth-order valence-electron chi connectivity index (χ4n) is 0.813. The summed E-state index contributed by atoms with van der Waals surface area (Å²) in [6.07, 6.45) is 4.65. The average Bonchev–Trinajstić information content (AvgIpc) is 2.02. The maximum Gasteiger partial charge on any atom is 0.0824 e. The maximum atomic E-state index is 4.99. The molecule has 12 heavy (non-hydrogen) atoms. The zero-order valence-corrected chi connectivity index (χ0v) is 8.64. The molecule has 0 unspecified atom stereocenters. The molecule has 0 heterocycles. The summed E-state index contributed by atoms with van der Waals surface area (Å²) in [6.45, 7) is 8.01. The molecule has 74 valence electrons. The van der Waals surface area contributed by atoms with Crippen molar-refractivity contribution in [2.45, 2.75) is 46.5 Å². The standard InChI is InChI=1S/C10H22O2/c1-4-5-6-8-11-12-9-7-10(2)3/h10H,4-9H2,1-3H3. The minimum absolute atomic E-state index is 0.698. The summed E-state index contributed by atoms with van der Waals surface area (Å²) in [5, 5.41) is 0. The monoisotopic (exact) mass is 174 g/mol. The Morgan fingerprint density at radius 2 is 1.67 bits per heavy atom. The molecule has 2 heteroatoms. The van der Waals surface area contributed by atoms with Gasteiger partial charge in [-0.3, -0.25) is 0 Å². The molecule has 2 nitrogen and oxygen atoms in total. The Labute approximate surface area is 76.2 Å². The normalized spacial score (nSPS) is 11.0. The van der Waals surface area contributed by atoms with Crippen molar-refractivity contribution in [3.8, 4) is 0 Å². The highest BCUT2D eigenvalue weighted by atomic mass is 17.2. The summed E-state index contributed by atoms with van der Waals surface area (Å²) in [5.74, 6) is 0.698. The van der Waals surface area contributed by atoms with Crippen LogP contribution >= 0.6 is 0 Å².